The molecule has 1 aromatic rings. The van der Waals surface area contributed by atoms with Crippen molar-refractivity contribution in [3.05, 3.63) is 18.0 Å². The van der Waals surface area contributed by atoms with Gasteiger partial charge in [0.05, 0.1) is 5.69 Å². The van der Waals surface area contributed by atoms with Crippen LogP contribution >= 0.6 is 0 Å². The second-order valence-corrected chi connectivity index (χ2v) is 6.68. The highest BCUT2D eigenvalue weighted by molar-refractivity contribution is 5.01. The normalized spacial score (nSPS) is 29.7. The minimum absolute atomic E-state index is 0.596. The van der Waals surface area contributed by atoms with Crippen LogP contribution in [0.3, 0.4) is 0 Å². The van der Waals surface area contributed by atoms with Gasteiger partial charge in [0.1, 0.15) is 0 Å². The maximum atomic E-state index is 4.56. The molecule has 1 aliphatic heterocycles. The van der Waals surface area contributed by atoms with Crippen molar-refractivity contribution in [3.8, 4) is 0 Å². The Morgan fingerprint density at radius 1 is 1.30 bits per heavy atom. The van der Waals surface area contributed by atoms with Gasteiger partial charge in [0.15, 0.2) is 0 Å². The maximum absolute atomic E-state index is 4.56. The summed E-state index contributed by atoms with van der Waals surface area (Å²) in [5.41, 5.74) is 1.21. The molecule has 1 aromatic heterocycles. The molecular weight excluding hydrogens is 248 g/mol. The SMILES string of the molecule is CC1CN(Cc2ccn(C)n2)C(C2CCCCC2)CN1. The van der Waals surface area contributed by atoms with Gasteiger partial charge in [0.2, 0.25) is 0 Å². The third kappa shape index (κ3) is 3.23. The van der Waals surface area contributed by atoms with E-state index in [1.54, 1.807) is 0 Å². The van der Waals surface area contributed by atoms with Gasteiger partial charge in [-0.1, -0.05) is 19.3 Å². The van der Waals surface area contributed by atoms with E-state index in [4.69, 9.17) is 0 Å². The first-order valence-electron chi connectivity index (χ1n) is 8.18. The molecule has 2 aliphatic rings. The standard InChI is InChI=1S/C16H28N4/c1-13-11-20(12-15-8-9-19(2)18-15)16(10-17-13)14-6-4-3-5-7-14/h8-9,13-14,16-17H,3-7,10-12H2,1-2H3. The molecule has 1 aliphatic carbocycles. The Bertz CT molecular complexity index is 422. The van der Waals surface area contributed by atoms with Crippen LogP contribution in [0, 0.1) is 5.92 Å². The summed E-state index contributed by atoms with van der Waals surface area (Å²) in [5, 5.41) is 8.25. The molecule has 0 amide bonds. The number of nitrogens with one attached hydrogen (secondary N) is 1. The fourth-order valence-corrected chi connectivity index (χ4v) is 3.92. The van der Waals surface area contributed by atoms with Crippen molar-refractivity contribution in [1.82, 2.24) is 20.0 Å². The molecule has 112 valence electrons. The molecule has 2 heterocycles. The van der Waals surface area contributed by atoms with E-state index < -0.39 is 0 Å². The summed E-state index contributed by atoms with van der Waals surface area (Å²) in [7, 11) is 2.00. The van der Waals surface area contributed by atoms with E-state index in [-0.39, 0.29) is 0 Å². The number of piperazine rings is 1. The van der Waals surface area contributed by atoms with Crippen LogP contribution in [-0.2, 0) is 13.6 Å². The molecule has 2 unspecified atom stereocenters. The van der Waals surface area contributed by atoms with E-state index in [1.165, 1.54) is 37.8 Å². The smallest absolute Gasteiger partial charge is 0.0764 e. The van der Waals surface area contributed by atoms with Crippen LogP contribution in [0.5, 0.6) is 0 Å². The summed E-state index contributed by atoms with van der Waals surface area (Å²) in [5.74, 6) is 0.882. The fourth-order valence-electron chi connectivity index (χ4n) is 3.92. The summed E-state index contributed by atoms with van der Waals surface area (Å²) >= 11 is 0. The van der Waals surface area contributed by atoms with Gasteiger partial charge in [-0.3, -0.25) is 9.58 Å². The van der Waals surface area contributed by atoms with Crippen LogP contribution < -0.4 is 5.32 Å². The van der Waals surface area contributed by atoms with Gasteiger partial charge in [0, 0.05) is 45.0 Å². The van der Waals surface area contributed by atoms with E-state index in [0.29, 0.717) is 12.1 Å². The van der Waals surface area contributed by atoms with E-state index in [0.717, 1.165) is 25.6 Å². The molecule has 20 heavy (non-hydrogen) atoms. The summed E-state index contributed by atoms with van der Waals surface area (Å²) in [6.07, 6.45) is 9.17. The van der Waals surface area contributed by atoms with Gasteiger partial charge < -0.3 is 5.32 Å². The van der Waals surface area contributed by atoms with Crippen molar-refractivity contribution in [3.63, 3.8) is 0 Å². The highest BCUT2D eigenvalue weighted by Crippen LogP contribution is 2.30. The molecule has 0 spiro atoms. The molecule has 2 fully saturated rings. The van der Waals surface area contributed by atoms with Crippen LogP contribution in [0.4, 0.5) is 0 Å². The van der Waals surface area contributed by atoms with Gasteiger partial charge in [-0.2, -0.15) is 5.10 Å². The zero-order valence-corrected chi connectivity index (χ0v) is 12.9. The first-order valence-corrected chi connectivity index (χ1v) is 8.18. The zero-order chi connectivity index (χ0) is 13.9. The molecule has 2 atom stereocenters. The molecule has 3 rings (SSSR count). The molecular formula is C16H28N4. The summed E-state index contributed by atoms with van der Waals surface area (Å²) in [4.78, 5) is 2.68. The molecule has 4 heteroatoms. The Kier molecular flexibility index (Phi) is 4.41. The molecule has 1 N–H and O–H groups in total. The van der Waals surface area contributed by atoms with Gasteiger partial charge >= 0.3 is 0 Å². The van der Waals surface area contributed by atoms with Gasteiger partial charge in [-0.25, -0.2) is 0 Å². The van der Waals surface area contributed by atoms with E-state index in [2.05, 4.69) is 34.5 Å². The molecule has 0 bridgehead atoms. The lowest BCUT2D eigenvalue weighted by Gasteiger charge is -2.44. The third-order valence-corrected chi connectivity index (χ3v) is 4.98. The summed E-state index contributed by atoms with van der Waals surface area (Å²) in [6, 6.07) is 3.46. The van der Waals surface area contributed by atoms with Crippen LogP contribution in [0.1, 0.15) is 44.7 Å². The van der Waals surface area contributed by atoms with Crippen molar-refractivity contribution < 1.29 is 0 Å². The first kappa shape index (κ1) is 14.1. The Morgan fingerprint density at radius 3 is 2.80 bits per heavy atom. The average Bonchev–Trinajstić information content (AvgIpc) is 2.85. The molecule has 4 nitrogen and oxygen atoms in total. The highest BCUT2D eigenvalue weighted by atomic mass is 15.3. The highest BCUT2D eigenvalue weighted by Gasteiger charge is 2.32. The molecule has 1 saturated carbocycles. The Labute approximate surface area is 122 Å². The van der Waals surface area contributed by atoms with Crippen LogP contribution in [0.15, 0.2) is 12.3 Å². The maximum Gasteiger partial charge on any atom is 0.0764 e. The third-order valence-electron chi connectivity index (χ3n) is 4.98. The van der Waals surface area contributed by atoms with Crippen molar-refractivity contribution in [2.75, 3.05) is 13.1 Å². The number of aryl methyl sites for hydroxylation is 1. The largest absolute Gasteiger partial charge is 0.311 e. The molecule has 0 aromatic carbocycles. The molecule has 1 saturated heterocycles. The van der Waals surface area contributed by atoms with Gasteiger partial charge in [0.25, 0.3) is 0 Å². The van der Waals surface area contributed by atoms with E-state index >= 15 is 0 Å². The number of hydrogen-bond donors (Lipinski definition) is 1. The summed E-state index contributed by atoms with van der Waals surface area (Å²) < 4.78 is 1.91. The van der Waals surface area contributed by atoms with E-state index in [1.807, 2.05) is 11.7 Å². The number of hydrogen-bond acceptors (Lipinski definition) is 3. The Balaban J connectivity index is 1.69. The monoisotopic (exact) mass is 276 g/mol. The summed E-state index contributed by atoms with van der Waals surface area (Å²) in [6.45, 7) is 5.60. The topological polar surface area (TPSA) is 33.1 Å². The quantitative estimate of drug-likeness (QED) is 0.918. The number of rotatable bonds is 3. The lowest BCUT2D eigenvalue weighted by Crippen LogP contribution is -2.57. The van der Waals surface area contributed by atoms with Crippen molar-refractivity contribution in [1.29, 1.82) is 0 Å². The second-order valence-electron chi connectivity index (χ2n) is 6.68. The van der Waals surface area contributed by atoms with Crippen LogP contribution in [0.2, 0.25) is 0 Å². The second kappa shape index (κ2) is 6.27. The van der Waals surface area contributed by atoms with E-state index in [9.17, 15) is 0 Å². The Morgan fingerprint density at radius 2 is 2.10 bits per heavy atom. The van der Waals surface area contributed by atoms with Gasteiger partial charge in [-0.05, 0) is 31.7 Å². The average molecular weight is 276 g/mol. The van der Waals surface area contributed by atoms with Gasteiger partial charge in [-0.15, -0.1) is 0 Å². The minimum Gasteiger partial charge on any atom is -0.311 e. The lowest BCUT2D eigenvalue weighted by molar-refractivity contribution is 0.0677. The minimum atomic E-state index is 0.596. The number of nitrogens with zero attached hydrogens (tertiary/aromatic N) is 3. The molecule has 0 radical (unpaired) electrons. The zero-order valence-electron chi connectivity index (χ0n) is 12.9. The van der Waals surface area contributed by atoms with Crippen molar-refractivity contribution in [2.24, 2.45) is 13.0 Å². The van der Waals surface area contributed by atoms with Crippen LogP contribution in [-0.4, -0.2) is 39.9 Å². The van der Waals surface area contributed by atoms with Crippen molar-refractivity contribution in [2.45, 2.75) is 57.7 Å². The van der Waals surface area contributed by atoms with Crippen molar-refractivity contribution >= 4 is 0 Å². The number of aromatic nitrogens is 2. The first-order chi connectivity index (χ1) is 9.72. The predicted molar refractivity (Wildman–Crippen MR) is 81.4 cm³/mol. The Hall–Kier alpha value is -0.870. The predicted octanol–water partition coefficient (Wildman–Crippen LogP) is 2.16. The van der Waals surface area contributed by atoms with Crippen LogP contribution in [0.25, 0.3) is 0 Å². The lowest BCUT2D eigenvalue weighted by atomic mass is 9.82. The fraction of sp³-hybridized carbons (Fsp3) is 0.812.